The monoisotopic (exact) mass is 465 g/mol. The van der Waals surface area contributed by atoms with E-state index in [4.69, 9.17) is 11.6 Å². The number of halogens is 3. The standard InChI is InChI=1S/C21H22BrClFN3O/c1-14(15-2-5-18(22)6-3-15)25-26-21(28)16-8-10-27(11-9-16)13-17-4-7-19(24)12-20(17)23/h2-7,12,16H,8-11,13H2,1H3,(H,26,28)/b25-14+. The van der Waals surface area contributed by atoms with Gasteiger partial charge >= 0.3 is 0 Å². The minimum Gasteiger partial charge on any atom is -0.299 e. The average Bonchev–Trinajstić information content (AvgIpc) is 2.69. The number of amides is 1. The minimum atomic E-state index is -0.330. The van der Waals surface area contributed by atoms with Crippen LogP contribution in [0.2, 0.25) is 5.02 Å². The van der Waals surface area contributed by atoms with Crippen molar-refractivity contribution in [2.24, 2.45) is 11.0 Å². The highest BCUT2D eigenvalue weighted by molar-refractivity contribution is 9.10. The molecule has 148 valence electrons. The lowest BCUT2D eigenvalue weighted by Crippen LogP contribution is -2.39. The topological polar surface area (TPSA) is 44.7 Å². The Labute approximate surface area is 177 Å². The lowest BCUT2D eigenvalue weighted by molar-refractivity contribution is -0.126. The summed E-state index contributed by atoms with van der Waals surface area (Å²) in [6.45, 7) is 4.12. The first-order valence-corrected chi connectivity index (χ1v) is 10.4. The predicted molar refractivity (Wildman–Crippen MR) is 114 cm³/mol. The number of likely N-dealkylation sites (tertiary alicyclic amines) is 1. The second-order valence-corrected chi connectivity index (χ2v) is 8.29. The highest BCUT2D eigenvalue weighted by atomic mass is 79.9. The zero-order valence-electron chi connectivity index (χ0n) is 15.6. The maximum absolute atomic E-state index is 13.2. The summed E-state index contributed by atoms with van der Waals surface area (Å²) in [5.41, 5.74) is 5.34. The lowest BCUT2D eigenvalue weighted by atomic mass is 9.96. The fourth-order valence-electron chi connectivity index (χ4n) is 3.23. The Balaban J connectivity index is 1.49. The molecule has 0 aromatic heterocycles. The van der Waals surface area contributed by atoms with Crippen LogP contribution < -0.4 is 5.43 Å². The van der Waals surface area contributed by atoms with Gasteiger partial charge in [-0.3, -0.25) is 9.69 Å². The summed E-state index contributed by atoms with van der Waals surface area (Å²) in [6.07, 6.45) is 1.52. The third kappa shape index (κ3) is 5.63. The number of carbonyl (C=O) groups excluding carboxylic acids is 1. The number of benzene rings is 2. The number of rotatable bonds is 5. The number of hydrogen-bond donors (Lipinski definition) is 1. The van der Waals surface area contributed by atoms with Crippen molar-refractivity contribution in [2.75, 3.05) is 13.1 Å². The molecule has 1 aliphatic heterocycles. The van der Waals surface area contributed by atoms with Gasteiger partial charge in [0.25, 0.3) is 0 Å². The SMILES string of the molecule is C/C(=N\NC(=O)C1CCN(Cc2ccc(F)cc2Cl)CC1)c1ccc(Br)cc1. The van der Waals surface area contributed by atoms with Crippen molar-refractivity contribution in [1.29, 1.82) is 0 Å². The molecule has 1 aliphatic rings. The summed E-state index contributed by atoms with van der Waals surface area (Å²) in [5, 5.41) is 4.68. The van der Waals surface area contributed by atoms with Gasteiger partial charge in [0.05, 0.1) is 5.71 Å². The highest BCUT2D eigenvalue weighted by Crippen LogP contribution is 2.23. The van der Waals surface area contributed by atoms with Crippen LogP contribution in [0.25, 0.3) is 0 Å². The molecule has 0 spiro atoms. The summed E-state index contributed by atoms with van der Waals surface area (Å²) in [5.74, 6) is -0.430. The minimum absolute atomic E-state index is 0.0454. The van der Waals surface area contributed by atoms with Gasteiger partial charge in [-0.2, -0.15) is 5.10 Å². The Morgan fingerprint density at radius 1 is 1.25 bits per heavy atom. The van der Waals surface area contributed by atoms with Crippen molar-refractivity contribution in [1.82, 2.24) is 10.3 Å². The van der Waals surface area contributed by atoms with E-state index in [9.17, 15) is 9.18 Å². The number of carbonyl (C=O) groups is 1. The van der Waals surface area contributed by atoms with Gasteiger partial charge in [0.1, 0.15) is 5.82 Å². The molecule has 1 fully saturated rings. The van der Waals surface area contributed by atoms with Crippen LogP contribution in [0.4, 0.5) is 4.39 Å². The van der Waals surface area contributed by atoms with E-state index in [-0.39, 0.29) is 17.6 Å². The smallest absolute Gasteiger partial charge is 0.243 e. The molecule has 1 amide bonds. The van der Waals surface area contributed by atoms with Crippen molar-refractivity contribution in [3.8, 4) is 0 Å². The third-order valence-corrected chi connectivity index (χ3v) is 5.84. The zero-order valence-corrected chi connectivity index (χ0v) is 17.9. The quantitative estimate of drug-likeness (QED) is 0.498. The molecular weight excluding hydrogens is 445 g/mol. The van der Waals surface area contributed by atoms with Crippen LogP contribution >= 0.6 is 27.5 Å². The summed E-state index contributed by atoms with van der Waals surface area (Å²) in [7, 11) is 0. The molecule has 2 aromatic carbocycles. The molecule has 2 aromatic rings. The molecule has 7 heteroatoms. The van der Waals surface area contributed by atoms with Crippen molar-refractivity contribution in [3.63, 3.8) is 0 Å². The molecule has 0 bridgehead atoms. The number of nitrogens with zero attached hydrogens (tertiary/aromatic N) is 2. The maximum atomic E-state index is 13.2. The molecular formula is C21H22BrClFN3O. The van der Waals surface area contributed by atoms with Gasteiger partial charge in [-0.1, -0.05) is 45.7 Å². The normalized spacial score (nSPS) is 16.2. The van der Waals surface area contributed by atoms with Crippen LogP contribution in [0.1, 0.15) is 30.9 Å². The van der Waals surface area contributed by atoms with Crippen LogP contribution in [0, 0.1) is 11.7 Å². The van der Waals surface area contributed by atoms with Gasteiger partial charge in [-0.05, 0) is 68.2 Å². The molecule has 3 rings (SSSR count). The van der Waals surface area contributed by atoms with E-state index in [0.29, 0.717) is 11.6 Å². The zero-order chi connectivity index (χ0) is 20.1. The first kappa shape index (κ1) is 21.0. The van der Waals surface area contributed by atoms with Crippen LogP contribution in [0.3, 0.4) is 0 Å². The Morgan fingerprint density at radius 3 is 2.57 bits per heavy atom. The average molecular weight is 467 g/mol. The van der Waals surface area contributed by atoms with Crippen molar-refractivity contribution in [3.05, 3.63) is 68.9 Å². The number of hydrazone groups is 1. The Hall–Kier alpha value is -1.76. The fourth-order valence-corrected chi connectivity index (χ4v) is 3.72. The van der Waals surface area contributed by atoms with E-state index in [2.05, 4.69) is 31.4 Å². The molecule has 0 aliphatic carbocycles. The first-order chi connectivity index (χ1) is 13.4. The summed E-state index contributed by atoms with van der Waals surface area (Å²) in [4.78, 5) is 14.7. The van der Waals surface area contributed by atoms with E-state index in [1.165, 1.54) is 12.1 Å². The molecule has 0 unspecified atom stereocenters. The van der Waals surface area contributed by atoms with Gasteiger partial charge in [0.2, 0.25) is 5.91 Å². The lowest BCUT2D eigenvalue weighted by Gasteiger charge is -2.31. The molecule has 0 radical (unpaired) electrons. The van der Waals surface area contributed by atoms with Crippen molar-refractivity contribution in [2.45, 2.75) is 26.3 Å². The number of hydrogen-bond acceptors (Lipinski definition) is 3. The van der Waals surface area contributed by atoms with Gasteiger partial charge in [0.15, 0.2) is 0 Å². The molecule has 0 saturated carbocycles. The van der Waals surface area contributed by atoms with Gasteiger partial charge in [-0.25, -0.2) is 9.82 Å². The molecule has 1 heterocycles. The van der Waals surface area contributed by atoms with Crippen LogP contribution in [-0.2, 0) is 11.3 Å². The van der Waals surface area contributed by atoms with Crippen molar-refractivity contribution < 1.29 is 9.18 Å². The van der Waals surface area contributed by atoms with Gasteiger partial charge in [-0.15, -0.1) is 0 Å². The predicted octanol–water partition coefficient (Wildman–Crippen LogP) is 4.99. The molecule has 1 saturated heterocycles. The van der Waals surface area contributed by atoms with E-state index >= 15 is 0 Å². The Bertz CT molecular complexity index is 864. The molecule has 0 atom stereocenters. The fraction of sp³-hybridized carbons (Fsp3) is 0.333. The molecule has 4 nitrogen and oxygen atoms in total. The van der Waals surface area contributed by atoms with Crippen LogP contribution in [0.15, 0.2) is 52.0 Å². The second-order valence-electron chi connectivity index (χ2n) is 6.97. The maximum Gasteiger partial charge on any atom is 0.243 e. The highest BCUT2D eigenvalue weighted by Gasteiger charge is 2.25. The number of piperidine rings is 1. The summed E-state index contributed by atoms with van der Waals surface area (Å²) in [6, 6.07) is 12.3. The van der Waals surface area contributed by atoms with E-state index in [1.54, 1.807) is 6.07 Å². The second kappa shape index (κ2) is 9.63. The van der Waals surface area contributed by atoms with E-state index < -0.39 is 0 Å². The summed E-state index contributed by atoms with van der Waals surface area (Å²) < 4.78 is 14.2. The van der Waals surface area contributed by atoms with Gasteiger partial charge in [0, 0.05) is 22.0 Å². The van der Waals surface area contributed by atoms with Gasteiger partial charge < -0.3 is 0 Å². The van der Waals surface area contributed by atoms with E-state index in [1.807, 2.05) is 31.2 Å². The summed E-state index contributed by atoms with van der Waals surface area (Å²) >= 11 is 9.51. The van der Waals surface area contributed by atoms with E-state index in [0.717, 1.165) is 47.2 Å². The third-order valence-electron chi connectivity index (χ3n) is 4.96. The Morgan fingerprint density at radius 2 is 1.93 bits per heavy atom. The first-order valence-electron chi connectivity index (χ1n) is 9.19. The molecule has 1 N–H and O–H groups in total. The molecule has 28 heavy (non-hydrogen) atoms. The van der Waals surface area contributed by atoms with Crippen molar-refractivity contribution >= 4 is 39.1 Å². The Kier molecular flexibility index (Phi) is 7.21. The largest absolute Gasteiger partial charge is 0.299 e. The number of nitrogens with one attached hydrogen (secondary N) is 1. The van der Waals surface area contributed by atoms with Crippen LogP contribution in [0.5, 0.6) is 0 Å². The van der Waals surface area contributed by atoms with Crippen LogP contribution in [-0.4, -0.2) is 29.6 Å².